The number of fused-ring (bicyclic) bond motifs is 1. The molecule has 22 heavy (non-hydrogen) atoms. The molecule has 0 bridgehead atoms. The summed E-state index contributed by atoms with van der Waals surface area (Å²) in [6.45, 7) is 2.04. The van der Waals surface area contributed by atoms with Crippen molar-refractivity contribution in [1.82, 2.24) is 4.90 Å². The van der Waals surface area contributed by atoms with Crippen LogP contribution < -0.4 is 5.73 Å². The molecule has 1 aliphatic heterocycles. The van der Waals surface area contributed by atoms with Crippen LogP contribution in [0.1, 0.15) is 54.6 Å². The third-order valence-corrected chi connectivity index (χ3v) is 3.98. The van der Waals surface area contributed by atoms with E-state index in [1.165, 1.54) is 4.90 Å². The summed E-state index contributed by atoms with van der Waals surface area (Å²) in [6, 6.07) is 5.74. The predicted molar refractivity (Wildman–Crippen MR) is 80.1 cm³/mol. The minimum absolute atomic E-state index is 0.291. The molecule has 3 N–H and O–H groups in total. The molecular weight excluding hydrogens is 284 g/mol. The van der Waals surface area contributed by atoms with Gasteiger partial charge in [0.25, 0.3) is 5.91 Å². The van der Waals surface area contributed by atoms with Crippen LogP contribution in [-0.2, 0) is 9.59 Å². The van der Waals surface area contributed by atoms with Crippen molar-refractivity contribution in [3.63, 3.8) is 0 Å². The summed E-state index contributed by atoms with van der Waals surface area (Å²) in [6.07, 6.45) is 2.03. The summed E-state index contributed by atoms with van der Waals surface area (Å²) in [5, 5.41) is 9.01. The van der Waals surface area contributed by atoms with Crippen LogP contribution in [0.2, 0.25) is 0 Å². The predicted octanol–water partition coefficient (Wildman–Crippen LogP) is 1.70. The van der Waals surface area contributed by atoms with Crippen molar-refractivity contribution in [1.29, 1.82) is 0 Å². The fraction of sp³-hybridized carbons (Fsp3) is 0.438. The number of carboxylic acids is 1. The van der Waals surface area contributed by atoms with Gasteiger partial charge in [-0.2, -0.15) is 0 Å². The molecule has 6 heteroatoms. The minimum Gasteiger partial charge on any atom is -0.481 e. The lowest BCUT2D eigenvalue weighted by Gasteiger charge is -2.31. The molecule has 0 fully saturated rings. The third kappa shape index (κ3) is 2.95. The maximum atomic E-state index is 12.6. The first-order valence-corrected chi connectivity index (χ1v) is 7.40. The van der Waals surface area contributed by atoms with Crippen LogP contribution in [0.5, 0.6) is 0 Å². The van der Waals surface area contributed by atoms with Gasteiger partial charge in [-0.3, -0.25) is 14.4 Å². The van der Waals surface area contributed by atoms with Crippen molar-refractivity contribution in [3.8, 4) is 0 Å². The second-order valence-electron chi connectivity index (χ2n) is 5.47. The first kappa shape index (κ1) is 16.0. The van der Waals surface area contributed by atoms with Gasteiger partial charge in [0, 0.05) is 5.56 Å². The normalized spacial score (nSPS) is 18.1. The SMILES string of the molecule is CCCCC1c2ccccc2C(=O)N1C(CC(=O)O)C(N)=O. The van der Waals surface area contributed by atoms with E-state index in [0.717, 1.165) is 18.4 Å². The number of hydrogen-bond acceptors (Lipinski definition) is 3. The molecule has 1 heterocycles. The molecule has 0 aromatic heterocycles. The molecule has 1 aromatic rings. The van der Waals surface area contributed by atoms with E-state index in [1.54, 1.807) is 12.1 Å². The van der Waals surface area contributed by atoms with Crippen molar-refractivity contribution in [2.24, 2.45) is 5.73 Å². The Kier molecular flexibility index (Phi) is 4.80. The van der Waals surface area contributed by atoms with Crippen LogP contribution in [0.15, 0.2) is 24.3 Å². The quantitative estimate of drug-likeness (QED) is 0.800. The molecule has 2 atom stereocenters. The van der Waals surface area contributed by atoms with Gasteiger partial charge in [-0.1, -0.05) is 38.0 Å². The van der Waals surface area contributed by atoms with E-state index in [2.05, 4.69) is 0 Å². The van der Waals surface area contributed by atoms with E-state index in [0.29, 0.717) is 12.0 Å². The summed E-state index contributed by atoms with van der Waals surface area (Å²) in [7, 11) is 0. The van der Waals surface area contributed by atoms with Gasteiger partial charge in [-0.15, -0.1) is 0 Å². The molecule has 2 rings (SSSR count). The number of nitrogens with two attached hydrogens (primary N) is 1. The number of carbonyl (C=O) groups is 3. The highest BCUT2D eigenvalue weighted by Crippen LogP contribution is 2.38. The Balaban J connectivity index is 2.41. The van der Waals surface area contributed by atoms with E-state index >= 15 is 0 Å². The highest BCUT2D eigenvalue weighted by molar-refractivity contribution is 6.02. The summed E-state index contributed by atoms with van der Waals surface area (Å²) < 4.78 is 0. The van der Waals surface area contributed by atoms with Gasteiger partial charge in [0.15, 0.2) is 0 Å². The van der Waals surface area contributed by atoms with Crippen LogP contribution in [-0.4, -0.2) is 33.8 Å². The Labute approximate surface area is 128 Å². The Morgan fingerprint density at radius 1 is 1.36 bits per heavy atom. The number of benzene rings is 1. The smallest absolute Gasteiger partial charge is 0.305 e. The van der Waals surface area contributed by atoms with E-state index in [4.69, 9.17) is 10.8 Å². The van der Waals surface area contributed by atoms with Gasteiger partial charge in [-0.25, -0.2) is 0 Å². The number of nitrogens with zero attached hydrogens (tertiary/aromatic N) is 1. The van der Waals surface area contributed by atoms with Gasteiger partial charge in [0.2, 0.25) is 5.91 Å². The third-order valence-electron chi connectivity index (χ3n) is 3.98. The highest BCUT2D eigenvalue weighted by Gasteiger charge is 2.42. The van der Waals surface area contributed by atoms with Gasteiger partial charge >= 0.3 is 5.97 Å². The number of primary amides is 1. The molecule has 118 valence electrons. The Morgan fingerprint density at radius 3 is 2.64 bits per heavy atom. The lowest BCUT2D eigenvalue weighted by Crippen LogP contribution is -2.47. The fourth-order valence-corrected chi connectivity index (χ4v) is 2.97. The Hall–Kier alpha value is -2.37. The summed E-state index contributed by atoms with van der Waals surface area (Å²) >= 11 is 0. The van der Waals surface area contributed by atoms with Crippen LogP contribution in [0.4, 0.5) is 0 Å². The van der Waals surface area contributed by atoms with Crippen molar-refractivity contribution in [3.05, 3.63) is 35.4 Å². The number of amides is 2. The average Bonchev–Trinajstić information content (AvgIpc) is 2.75. The maximum Gasteiger partial charge on any atom is 0.305 e. The zero-order chi connectivity index (χ0) is 16.3. The number of hydrogen-bond donors (Lipinski definition) is 2. The minimum atomic E-state index is -1.15. The molecule has 0 saturated heterocycles. The first-order chi connectivity index (χ1) is 10.5. The molecule has 2 amide bonds. The Bertz CT molecular complexity index is 600. The maximum absolute atomic E-state index is 12.6. The molecule has 1 aromatic carbocycles. The van der Waals surface area contributed by atoms with E-state index in [-0.39, 0.29) is 11.9 Å². The summed E-state index contributed by atoms with van der Waals surface area (Å²) in [4.78, 5) is 36.7. The second-order valence-corrected chi connectivity index (χ2v) is 5.47. The number of carbonyl (C=O) groups excluding carboxylic acids is 2. The molecule has 0 spiro atoms. The first-order valence-electron chi connectivity index (χ1n) is 7.40. The molecule has 0 radical (unpaired) electrons. The molecule has 6 nitrogen and oxygen atoms in total. The molecule has 0 saturated carbocycles. The largest absolute Gasteiger partial charge is 0.481 e. The monoisotopic (exact) mass is 304 g/mol. The van der Waals surface area contributed by atoms with Gasteiger partial charge < -0.3 is 15.7 Å². The Morgan fingerprint density at radius 2 is 2.05 bits per heavy atom. The molecule has 2 unspecified atom stereocenters. The fourth-order valence-electron chi connectivity index (χ4n) is 2.97. The topological polar surface area (TPSA) is 101 Å². The summed E-state index contributed by atoms with van der Waals surface area (Å²) in [5.41, 5.74) is 6.73. The molecular formula is C16H20N2O4. The van der Waals surface area contributed by atoms with Crippen LogP contribution in [0, 0.1) is 0 Å². The van der Waals surface area contributed by atoms with Gasteiger partial charge in [-0.05, 0) is 18.1 Å². The van der Waals surface area contributed by atoms with E-state index in [1.807, 2.05) is 19.1 Å². The molecule has 0 aliphatic carbocycles. The second kappa shape index (κ2) is 6.60. The highest BCUT2D eigenvalue weighted by atomic mass is 16.4. The van der Waals surface area contributed by atoms with Crippen molar-refractivity contribution < 1.29 is 19.5 Å². The zero-order valence-electron chi connectivity index (χ0n) is 12.5. The lowest BCUT2D eigenvalue weighted by molar-refractivity contribution is -0.141. The van der Waals surface area contributed by atoms with Crippen LogP contribution >= 0.6 is 0 Å². The van der Waals surface area contributed by atoms with Crippen molar-refractivity contribution in [2.75, 3.05) is 0 Å². The van der Waals surface area contributed by atoms with Gasteiger partial charge in [0.05, 0.1) is 12.5 Å². The van der Waals surface area contributed by atoms with Crippen LogP contribution in [0.25, 0.3) is 0 Å². The van der Waals surface area contributed by atoms with E-state index < -0.39 is 24.3 Å². The number of rotatable bonds is 7. The van der Waals surface area contributed by atoms with Gasteiger partial charge in [0.1, 0.15) is 6.04 Å². The summed E-state index contributed by atoms with van der Waals surface area (Å²) in [5.74, 6) is -2.26. The number of unbranched alkanes of at least 4 members (excludes halogenated alkanes) is 1. The van der Waals surface area contributed by atoms with Crippen LogP contribution in [0.3, 0.4) is 0 Å². The van der Waals surface area contributed by atoms with E-state index in [9.17, 15) is 14.4 Å². The number of carboxylic acid groups (broad SMARTS) is 1. The molecule has 1 aliphatic rings. The van der Waals surface area contributed by atoms with Crippen molar-refractivity contribution >= 4 is 17.8 Å². The van der Waals surface area contributed by atoms with Crippen molar-refractivity contribution in [2.45, 2.75) is 44.7 Å². The standard InChI is InChI=1S/C16H20N2O4/c1-2-3-8-12-10-6-4-5-7-11(10)16(22)18(12)13(15(17)21)9-14(19)20/h4-7,12-13H,2-3,8-9H2,1H3,(H2,17,21)(H,19,20). The average molecular weight is 304 g/mol. The lowest BCUT2D eigenvalue weighted by atomic mass is 9.99. The number of aliphatic carboxylic acids is 1. The zero-order valence-corrected chi connectivity index (χ0v) is 12.5.